The smallest absolute Gasteiger partial charge is 0.311 e. The summed E-state index contributed by atoms with van der Waals surface area (Å²) in [7, 11) is 0. The van der Waals surface area contributed by atoms with Crippen LogP contribution in [0.4, 0.5) is 0 Å². The van der Waals surface area contributed by atoms with Crippen molar-refractivity contribution in [1.82, 2.24) is 0 Å². The predicted octanol–water partition coefficient (Wildman–Crippen LogP) is 2.57. The normalized spacial score (nSPS) is 27.3. The van der Waals surface area contributed by atoms with Crippen LogP contribution in [0.5, 0.6) is 0 Å². The first-order valence-corrected chi connectivity index (χ1v) is 8.51. The first kappa shape index (κ1) is 17.7. The molecule has 0 N–H and O–H groups in total. The van der Waals surface area contributed by atoms with Crippen molar-refractivity contribution in [2.45, 2.75) is 58.7 Å². The molecule has 0 aromatic heterocycles. The summed E-state index contributed by atoms with van der Waals surface area (Å²) in [6.07, 6.45) is 5.39. The van der Waals surface area contributed by atoms with Crippen LogP contribution in [-0.2, 0) is 23.7 Å². The van der Waals surface area contributed by atoms with Crippen LogP contribution < -0.4 is 0 Å². The van der Waals surface area contributed by atoms with Gasteiger partial charge in [-0.2, -0.15) is 0 Å². The zero-order valence-electron chi connectivity index (χ0n) is 14.1. The van der Waals surface area contributed by atoms with Crippen LogP contribution in [0, 0.1) is 11.3 Å². The molecule has 1 saturated heterocycles. The Morgan fingerprint density at radius 2 is 1.82 bits per heavy atom. The predicted molar refractivity (Wildman–Crippen MR) is 82.7 cm³/mol. The maximum absolute atomic E-state index is 11.7. The number of ether oxygens (including phenoxy) is 4. The second kappa shape index (κ2) is 8.27. The third-order valence-electron chi connectivity index (χ3n) is 4.74. The van der Waals surface area contributed by atoms with Crippen molar-refractivity contribution >= 4 is 5.97 Å². The van der Waals surface area contributed by atoms with Crippen LogP contribution in [0.2, 0.25) is 0 Å². The topological polar surface area (TPSA) is 57.3 Å². The van der Waals surface area contributed by atoms with Gasteiger partial charge in [-0.05, 0) is 45.4 Å². The van der Waals surface area contributed by atoms with Crippen LogP contribution in [0.3, 0.4) is 0 Å². The lowest BCUT2D eigenvalue weighted by Crippen LogP contribution is -2.27. The summed E-state index contributed by atoms with van der Waals surface area (Å²) >= 11 is 0. The average Bonchev–Trinajstić information content (AvgIpc) is 3.28. The Morgan fingerprint density at radius 3 is 2.55 bits per heavy atom. The number of epoxide rings is 1. The summed E-state index contributed by atoms with van der Waals surface area (Å²) in [6, 6.07) is 0. The zero-order valence-corrected chi connectivity index (χ0v) is 14.1. The van der Waals surface area contributed by atoms with E-state index in [-0.39, 0.29) is 5.97 Å². The second-order valence-electron chi connectivity index (χ2n) is 6.95. The molecular weight excluding hydrogens is 284 g/mol. The highest BCUT2D eigenvalue weighted by Crippen LogP contribution is 2.39. The van der Waals surface area contributed by atoms with Gasteiger partial charge in [0.1, 0.15) is 6.61 Å². The quantitative estimate of drug-likeness (QED) is 0.352. The van der Waals surface area contributed by atoms with Gasteiger partial charge in [-0.15, -0.1) is 0 Å². The molecule has 3 unspecified atom stereocenters. The monoisotopic (exact) mass is 314 g/mol. The van der Waals surface area contributed by atoms with E-state index in [9.17, 15) is 4.79 Å². The molecule has 1 saturated carbocycles. The molecule has 128 valence electrons. The third kappa shape index (κ3) is 5.52. The molecule has 2 aliphatic rings. The fourth-order valence-corrected chi connectivity index (χ4v) is 2.64. The number of carbonyl (C=O) groups is 1. The molecule has 3 atom stereocenters. The van der Waals surface area contributed by atoms with Gasteiger partial charge >= 0.3 is 5.97 Å². The molecule has 5 nitrogen and oxygen atoms in total. The first-order chi connectivity index (χ1) is 10.5. The number of fused-ring (bicyclic) bond motifs is 1. The van der Waals surface area contributed by atoms with Crippen molar-refractivity contribution in [2.24, 2.45) is 11.3 Å². The van der Waals surface area contributed by atoms with Gasteiger partial charge in [0, 0.05) is 6.61 Å². The molecule has 1 aliphatic carbocycles. The van der Waals surface area contributed by atoms with E-state index >= 15 is 0 Å². The zero-order chi connectivity index (χ0) is 16.0. The fourth-order valence-electron chi connectivity index (χ4n) is 2.64. The maximum Gasteiger partial charge on any atom is 0.311 e. The highest BCUT2D eigenvalue weighted by Gasteiger charge is 2.43. The minimum Gasteiger partial charge on any atom is -0.463 e. The van der Waals surface area contributed by atoms with Crippen molar-refractivity contribution < 1.29 is 23.7 Å². The second-order valence-corrected chi connectivity index (χ2v) is 6.95. The molecule has 0 amide bonds. The lowest BCUT2D eigenvalue weighted by molar-refractivity contribution is -0.155. The Kier molecular flexibility index (Phi) is 6.66. The van der Waals surface area contributed by atoms with Crippen molar-refractivity contribution in [2.75, 3.05) is 33.0 Å². The molecule has 5 heteroatoms. The minimum absolute atomic E-state index is 0.159. The maximum atomic E-state index is 11.7. The molecule has 0 aromatic rings. The Morgan fingerprint density at radius 1 is 1.09 bits per heavy atom. The van der Waals surface area contributed by atoms with E-state index in [1.165, 1.54) is 12.8 Å². The summed E-state index contributed by atoms with van der Waals surface area (Å²) in [4.78, 5) is 11.7. The number of carbonyl (C=O) groups excluding carboxylic acids is 1. The fraction of sp³-hybridized carbons (Fsp3) is 0.941. The Bertz CT molecular complexity index is 355. The molecule has 0 aromatic carbocycles. The number of esters is 1. The SMILES string of the molecule is CCC(C)(C)C(=O)OCCOCCOCC1CCC2OC2C1. The molecule has 2 fully saturated rings. The molecule has 0 radical (unpaired) electrons. The van der Waals surface area contributed by atoms with E-state index in [0.29, 0.717) is 44.6 Å². The number of hydrogen-bond acceptors (Lipinski definition) is 5. The van der Waals surface area contributed by atoms with Crippen LogP contribution in [0.1, 0.15) is 46.5 Å². The summed E-state index contributed by atoms with van der Waals surface area (Å²) in [5.41, 5.74) is -0.409. The highest BCUT2D eigenvalue weighted by molar-refractivity contribution is 5.75. The van der Waals surface area contributed by atoms with E-state index < -0.39 is 5.41 Å². The van der Waals surface area contributed by atoms with Crippen molar-refractivity contribution in [3.05, 3.63) is 0 Å². The van der Waals surface area contributed by atoms with Gasteiger partial charge in [0.15, 0.2) is 0 Å². The van der Waals surface area contributed by atoms with Crippen molar-refractivity contribution in [1.29, 1.82) is 0 Å². The number of rotatable bonds is 10. The largest absolute Gasteiger partial charge is 0.463 e. The van der Waals surface area contributed by atoms with Crippen molar-refractivity contribution in [3.63, 3.8) is 0 Å². The summed E-state index contributed by atoms with van der Waals surface area (Å²) in [5, 5.41) is 0. The van der Waals surface area contributed by atoms with Crippen LogP contribution in [0.25, 0.3) is 0 Å². The Labute approximate surface area is 133 Å². The van der Waals surface area contributed by atoms with E-state index in [1.807, 2.05) is 20.8 Å². The minimum atomic E-state index is -0.409. The lowest BCUT2D eigenvalue weighted by Gasteiger charge is -2.20. The molecule has 22 heavy (non-hydrogen) atoms. The van der Waals surface area contributed by atoms with E-state index in [0.717, 1.165) is 19.4 Å². The van der Waals surface area contributed by atoms with Gasteiger partial charge in [-0.25, -0.2) is 0 Å². The summed E-state index contributed by atoms with van der Waals surface area (Å²) in [6.45, 7) is 8.45. The summed E-state index contributed by atoms with van der Waals surface area (Å²) in [5.74, 6) is 0.480. The van der Waals surface area contributed by atoms with Gasteiger partial charge in [-0.3, -0.25) is 4.79 Å². The molecular formula is C17H30O5. The highest BCUT2D eigenvalue weighted by atomic mass is 16.6. The van der Waals surface area contributed by atoms with Crippen molar-refractivity contribution in [3.8, 4) is 0 Å². The lowest BCUT2D eigenvalue weighted by atomic mass is 9.90. The molecule has 0 bridgehead atoms. The first-order valence-electron chi connectivity index (χ1n) is 8.51. The van der Waals surface area contributed by atoms with Gasteiger partial charge < -0.3 is 18.9 Å². The average molecular weight is 314 g/mol. The molecule has 1 heterocycles. The van der Waals surface area contributed by atoms with E-state index in [1.54, 1.807) is 0 Å². The standard InChI is InChI=1S/C17H30O5/c1-4-17(2,3)16(18)21-10-9-19-7-8-20-12-13-5-6-14-15(11-13)22-14/h13-15H,4-12H2,1-3H3. The Balaban J connectivity index is 1.39. The van der Waals surface area contributed by atoms with Gasteiger partial charge in [-0.1, -0.05) is 6.92 Å². The van der Waals surface area contributed by atoms with Gasteiger partial charge in [0.2, 0.25) is 0 Å². The molecule has 0 spiro atoms. The number of hydrogen-bond donors (Lipinski definition) is 0. The van der Waals surface area contributed by atoms with Gasteiger partial charge in [0.05, 0.1) is 37.4 Å². The van der Waals surface area contributed by atoms with Gasteiger partial charge in [0.25, 0.3) is 0 Å². The van der Waals surface area contributed by atoms with Crippen LogP contribution >= 0.6 is 0 Å². The Hall–Kier alpha value is -0.650. The molecule has 1 aliphatic heterocycles. The van der Waals surface area contributed by atoms with E-state index in [4.69, 9.17) is 18.9 Å². The summed E-state index contributed by atoms with van der Waals surface area (Å²) < 4.78 is 21.8. The third-order valence-corrected chi connectivity index (χ3v) is 4.74. The van der Waals surface area contributed by atoms with E-state index in [2.05, 4.69) is 0 Å². The molecule has 2 rings (SSSR count). The van der Waals surface area contributed by atoms with Crippen LogP contribution in [-0.4, -0.2) is 51.2 Å². The van der Waals surface area contributed by atoms with Crippen LogP contribution in [0.15, 0.2) is 0 Å².